The number of rotatable bonds is 5. The topological polar surface area (TPSA) is 49.4 Å². The van der Waals surface area contributed by atoms with E-state index in [1.54, 1.807) is 10.4 Å². The van der Waals surface area contributed by atoms with E-state index in [4.69, 9.17) is 0 Å². The molecule has 1 unspecified atom stereocenters. The minimum Gasteiger partial charge on any atom is -0.309 e. The van der Waals surface area contributed by atoms with Gasteiger partial charge in [-0.15, -0.1) is 11.3 Å². The van der Waals surface area contributed by atoms with Crippen LogP contribution in [0.5, 0.6) is 0 Å². The van der Waals surface area contributed by atoms with Gasteiger partial charge in [0.05, 0.1) is 0 Å². The second-order valence-electron chi connectivity index (χ2n) is 5.42. The fourth-order valence-corrected chi connectivity index (χ4v) is 6.47. The molecule has 0 aromatic carbocycles. The van der Waals surface area contributed by atoms with Crippen molar-refractivity contribution in [3.63, 3.8) is 0 Å². The van der Waals surface area contributed by atoms with E-state index in [-0.39, 0.29) is 0 Å². The van der Waals surface area contributed by atoms with Crippen molar-refractivity contribution >= 4 is 33.1 Å². The highest BCUT2D eigenvalue weighted by molar-refractivity contribution is 8.00. The maximum atomic E-state index is 12.6. The Hall–Kier alpha value is -0.0800. The summed E-state index contributed by atoms with van der Waals surface area (Å²) in [5.41, 5.74) is 0. The molecule has 1 N–H and O–H groups in total. The molecule has 1 aliphatic heterocycles. The zero-order chi connectivity index (χ0) is 14.2. The van der Waals surface area contributed by atoms with E-state index in [9.17, 15) is 8.42 Å². The maximum absolute atomic E-state index is 12.6. The summed E-state index contributed by atoms with van der Waals surface area (Å²) in [6.07, 6.45) is 2.50. The van der Waals surface area contributed by atoms with Gasteiger partial charge in [0, 0.05) is 41.6 Å². The van der Waals surface area contributed by atoms with Crippen molar-refractivity contribution in [3.05, 3.63) is 17.0 Å². The van der Waals surface area contributed by atoms with Crippen LogP contribution in [0.2, 0.25) is 0 Å². The van der Waals surface area contributed by atoms with E-state index in [2.05, 4.69) is 12.2 Å². The van der Waals surface area contributed by atoms with Gasteiger partial charge in [0.2, 0.25) is 0 Å². The first-order valence-corrected chi connectivity index (χ1v) is 10.3. The molecule has 0 radical (unpaired) electrons. The Kier molecular flexibility index (Phi) is 4.42. The Morgan fingerprint density at radius 3 is 2.90 bits per heavy atom. The van der Waals surface area contributed by atoms with Gasteiger partial charge in [-0.25, -0.2) is 8.42 Å². The molecule has 1 aromatic heterocycles. The Balaban J connectivity index is 1.69. The molecule has 0 spiro atoms. The molecule has 112 valence electrons. The van der Waals surface area contributed by atoms with Crippen LogP contribution in [0.1, 0.15) is 24.6 Å². The van der Waals surface area contributed by atoms with E-state index in [1.165, 1.54) is 24.2 Å². The van der Waals surface area contributed by atoms with Gasteiger partial charge in [-0.2, -0.15) is 16.1 Å². The normalized spacial score (nSPS) is 24.9. The highest BCUT2D eigenvalue weighted by Crippen LogP contribution is 2.29. The number of thiophene rings is 1. The number of thioether (sulfide) groups is 1. The number of hydrogen-bond acceptors (Lipinski definition) is 5. The van der Waals surface area contributed by atoms with Gasteiger partial charge in [0.1, 0.15) is 4.21 Å². The Morgan fingerprint density at radius 1 is 1.40 bits per heavy atom. The molecule has 2 heterocycles. The summed E-state index contributed by atoms with van der Waals surface area (Å²) in [4.78, 5) is 1.11. The SMILES string of the molecule is CC1CN(S(=O)(=O)c2ccc(CNC3CC3)s2)CCS1. The van der Waals surface area contributed by atoms with Crippen LogP contribution in [0.3, 0.4) is 0 Å². The minimum absolute atomic E-state index is 0.384. The van der Waals surface area contributed by atoms with Crippen LogP contribution < -0.4 is 5.32 Å². The van der Waals surface area contributed by atoms with Gasteiger partial charge in [0.25, 0.3) is 10.0 Å². The summed E-state index contributed by atoms with van der Waals surface area (Å²) in [5, 5.41) is 3.81. The Morgan fingerprint density at radius 2 is 2.20 bits per heavy atom. The fourth-order valence-electron chi connectivity index (χ4n) is 2.26. The molecule has 1 aromatic rings. The second kappa shape index (κ2) is 5.96. The molecule has 0 bridgehead atoms. The number of nitrogens with one attached hydrogen (secondary N) is 1. The van der Waals surface area contributed by atoms with Crippen LogP contribution >= 0.6 is 23.1 Å². The highest BCUT2D eigenvalue weighted by atomic mass is 32.2. The summed E-state index contributed by atoms with van der Waals surface area (Å²) >= 11 is 3.25. The third kappa shape index (κ3) is 3.39. The van der Waals surface area contributed by atoms with Crippen molar-refractivity contribution in [2.24, 2.45) is 0 Å². The van der Waals surface area contributed by atoms with Crippen molar-refractivity contribution in [1.29, 1.82) is 0 Å². The fraction of sp³-hybridized carbons (Fsp3) is 0.692. The Bertz CT molecular complexity index is 566. The average molecular weight is 333 g/mol. The molecule has 20 heavy (non-hydrogen) atoms. The molecule has 2 aliphatic rings. The van der Waals surface area contributed by atoms with E-state index >= 15 is 0 Å². The van der Waals surface area contributed by atoms with Crippen molar-refractivity contribution in [2.45, 2.75) is 41.8 Å². The minimum atomic E-state index is -3.29. The molecular weight excluding hydrogens is 312 g/mol. The highest BCUT2D eigenvalue weighted by Gasteiger charge is 2.30. The molecule has 2 fully saturated rings. The molecule has 1 aliphatic carbocycles. The average Bonchev–Trinajstić information content (AvgIpc) is 3.12. The smallest absolute Gasteiger partial charge is 0.252 e. The summed E-state index contributed by atoms with van der Waals surface area (Å²) in [5.74, 6) is 0.891. The van der Waals surface area contributed by atoms with Crippen LogP contribution in [-0.2, 0) is 16.6 Å². The van der Waals surface area contributed by atoms with Crippen molar-refractivity contribution in [1.82, 2.24) is 9.62 Å². The van der Waals surface area contributed by atoms with E-state index in [0.29, 0.717) is 28.6 Å². The Labute approximate surface area is 129 Å². The van der Waals surface area contributed by atoms with Crippen LogP contribution in [0.25, 0.3) is 0 Å². The van der Waals surface area contributed by atoms with Crippen molar-refractivity contribution in [2.75, 3.05) is 18.8 Å². The van der Waals surface area contributed by atoms with Crippen LogP contribution in [0, 0.1) is 0 Å². The third-order valence-corrected chi connectivity index (χ3v) is 8.13. The first kappa shape index (κ1) is 14.8. The van der Waals surface area contributed by atoms with Gasteiger partial charge in [-0.3, -0.25) is 0 Å². The van der Waals surface area contributed by atoms with Gasteiger partial charge in [-0.1, -0.05) is 6.92 Å². The molecule has 0 amide bonds. The zero-order valence-electron chi connectivity index (χ0n) is 11.5. The quantitative estimate of drug-likeness (QED) is 0.897. The lowest BCUT2D eigenvalue weighted by Gasteiger charge is -2.29. The molecule has 1 atom stereocenters. The zero-order valence-corrected chi connectivity index (χ0v) is 14.0. The molecule has 1 saturated carbocycles. The first-order valence-electron chi connectivity index (χ1n) is 6.99. The lowest BCUT2D eigenvalue weighted by molar-refractivity contribution is 0.425. The number of hydrogen-bond donors (Lipinski definition) is 1. The standard InChI is InChI=1S/C13H20N2O2S3/c1-10-9-15(6-7-18-10)20(16,17)13-5-4-12(19-13)8-14-11-2-3-11/h4-5,10-11,14H,2-3,6-9H2,1H3. The molecule has 4 nitrogen and oxygen atoms in total. The number of nitrogens with zero attached hydrogens (tertiary/aromatic N) is 1. The summed E-state index contributed by atoms with van der Waals surface area (Å²) in [6, 6.07) is 4.35. The van der Waals surface area contributed by atoms with Gasteiger partial charge >= 0.3 is 0 Å². The monoisotopic (exact) mass is 332 g/mol. The largest absolute Gasteiger partial charge is 0.309 e. The van der Waals surface area contributed by atoms with Crippen molar-refractivity contribution in [3.8, 4) is 0 Å². The molecule has 3 rings (SSSR count). The second-order valence-corrected chi connectivity index (χ2v) is 10.3. The molecule has 1 saturated heterocycles. The van der Waals surface area contributed by atoms with Crippen LogP contribution in [0.15, 0.2) is 16.3 Å². The summed E-state index contributed by atoms with van der Waals surface area (Å²) < 4.78 is 27.3. The van der Waals surface area contributed by atoms with E-state index < -0.39 is 10.0 Å². The van der Waals surface area contributed by atoms with Gasteiger partial charge in [0.15, 0.2) is 0 Å². The predicted octanol–water partition coefficient (Wildman–Crippen LogP) is 2.13. The maximum Gasteiger partial charge on any atom is 0.252 e. The summed E-state index contributed by atoms with van der Waals surface area (Å²) in [7, 11) is -3.29. The lowest BCUT2D eigenvalue weighted by Crippen LogP contribution is -2.40. The number of sulfonamides is 1. The van der Waals surface area contributed by atoms with Crippen LogP contribution in [0.4, 0.5) is 0 Å². The van der Waals surface area contributed by atoms with Crippen molar-refractivity contribution < 1.29 is 8.42 Å². The van der Waals surface area contributed by atoms with Gasteiger partial charge < -0.3 is 5.32 Å². The van der Waals surface area contributed by atoms with Gasteiger partial charge in [-0.05, 0) is 25.0 Å². The first-order chi connectivity index (χ1) is 9.55. The predicted molar refractivity (Wildman–Crippen MR) is 84.9 cm³/mol. The molecular formula is C13H20N2O2S3. The third-order valence-electron chi connectivity index (χ3n) is 3.58. The van der Waals surface area contributed by atoms with E-state index in [0.717, 1.165) is 17.2 Å². The van der Waals surface area contributed by atoms with E-state index in [1.807, 2.05) is 17.8 Å². The van der Waals surface area contributed by atoms with Crippen LogP contribution in [-0.4, -0.2) is 42.9 Å². The summed E-state index contributed by atoms with van der Waals surface area (Å²) in [6.45, 7) is 4.13. The molecule has 7 heteroatoms. The lowest BCUT2D eigenvalue weighted by atomic mass is 10.4.